The van der Waals surface area contributed by atoms with Crippen LogP contribution in [0.3, 0.4) is 0 Å². The monoisotopic (exact) mass is 306 g/mol. The molecule has 0 atom stereocenters. The van der Waals surface area contributed by atoms with Crippen molar-refractivity contribution in [3.05, 3.63) is 47.3 Å². The molecule has 0 N–H and O–H groups in total. The maximum atomic E-state index is 11.8. The molecule has 21 heavy (non-hydrogen) atoms. The fraction of sp³-hybridized carbons (Fsp3) is 0.200. The Morgan fingerprint density at radius 3 is 2.71 bits per heavy atom. The summed E-state index contributed by atoms with van der Waals surface area (Å²) in [6.07, 6.45) is 1.30. The molecular formula is C15H15ClN2O3. The number of benzene rings is 1. The molecule has 1 aromatic heterocycles. The minimum Gasteiger partial charge on any atom is -0.502 e. The summed E-state index contributed by atoms with van der Waals surface area (Å²) in [7, 11) is 2.77. The van der Waals surface area contributed by atoms with Crippen LogP contribution in [0.1, 0.15) is 5.69 Å². The van der Waals surface area contributed by atoms with Gasteiger partial charge in [-0.1, -0.05) is 23.7 Å². The highest BCUT2D eigenvalue weighted by molar-refractivity contribution is 6.30. The van der Waals surface area contributed by atoms with Crippen molar-refractivity contribution in [2.75, 3.05) is 14.2 Å². The zero-order valence-electron chi connectivity index (χ0n) is 12.0. The minimum atomic E-state index is -0.527. The molecule has 110 valence electrons. The third kappa shape index (κ3) is 3.25. The molecule has 0 radical (unpaired) electrons. The Kier molecular flexibility index (Phi) is 4.65. The largest absolute Gasteiger partial charge is 0.502 e. The van der Waals surface area contributed by atoms with E-state index in [-0.39, 0.29) is 5.70 Å². The van der Waals surface area contributed by atoms with Crippen LogP contribution in [0.4, 0.5) is 0 Å². The molecule has 6 heteroatoms. The molecule has 0 aliphatic rings. The van der Waals surface area contributed by atoms with Crippen molar-refractivity contribution in [3.63, 3.8) is 0 Å². The van der Waals surface area contributed by atoms with E-state index in [1.54, 1.807) is 6.07 Å². The van der Waals surface area contributed by atoms with E-state index in [1.165, 1.54) is 25.2 Å². The Balaban J connectivity index is 2.48. The van der Waals surface area contributed by atoms with Gasteiger partial charge in [0.1, 0.15) is 6.26 Å². The number of methoxy groups -OCH3 is 2. The van der Waals surface area contributed by atoms with E-state index in [0.717, 1.165) is 11.3 Å². The first-order chi connectivity index (χ1) is 10.1. The van der Waals surface area contributed by atoms with Crippen LogP contribution < -0.4 is 0 Å². The van der Waals surface area contributed by atoms with Crippen LogP contribution in [0.15, 0.2) is 36.6 Å². The summed E-state index contributed by atoms with van der Waals surface area (Å²) in [5.41, 5.74) is 2.55. The number of aryl methyl sites for hydroxylation is 1. The van der Waals surface area contributed by atoms with Gasteiger partial charge in [-0.05, 0) is 25.1 Å². The van der Waals surface area contributed by atoms with Crippen LogP contribution in [0.25, 0.3) is 17.0 Å². The van der Waals surface area contributed by atoms with Gasteiger partial charge in [0, 0.05) is 16.3 Å². The molecule has 0 aliphatic carbocycles. The number of esters is 1. The summed E-state index contributed by atoms with van der Waals surface area (Å²) >= 11 is 5.99. The summed E-state index contributed by atoms with van der Waals surface area (Å²) < 4.78 is 11.1. The summed E-state index contributed by atoms with van der Waals surface area (Å²) in [5.74, 6) is -0.527. The van der Waals surface area contributed by atoms with Crippen LogP contribution >= 0.6 is 11.6 Å². The molecule has 0 unspecified atom stereocenters. The number of carbonyl (C=O) groups excluding carboxylic acids is 1. The molecule has 1 heterocycles. The zero-order valence-corrected chi connectivity index (χ0v) is 12.7. The van der Waals surface area contributed by atoms with Gasteiger partial charge in [-0.15, -0.1) is 0 Å². The molecule has 0 spiro atoms. The van der Waals surface area contributed by atoms with Gasteiger partial charge in [0.2, 0.25) is 0 Å². The lowest BCUT2D eigenvalue weighted by atomic mass is 10.1. The zero-order chi connectivity index (χ0) is 15.4. The Labute approximate surface area is 127 Å². The van der Waals surface area contributed by atoms with Crippen LogP contribution in [0.2, 0.25) is 5.02 Å². The van der Waals surface area contributed by atoms with Crippen molar-refractivity contribution >= 4 is 23.3 Å². The first-order valence-corrected chi connectivity index (χ1v) is 6.59. The van der Waals surface area contributed by atoms with Crippen LogP contribution in [-0.2, 0) is 14.3 Å². The first kappa shape index (κ1) is 15.1. The Hall–Kier alpha value is -2.27. The fourth-order valence-electron chi connectivity index (χ4n) is 1.91. The molecule has 0 aliphatic heterocycles. The number of halogens is 1. The van der Waals surface area contributed by atoms with Gasteiger partial charge in [-0.2, -0.15) is 5.10 Å². The van der Waals surface area contributed by atoms with Crippen molar-refractivity contribution in [1.82, 2.24) is 9.78 Å². The molecular weight excluding hydrogens is 292 g/mol. The van der Waals surface area contributed by atoms with Gasteiger partial charge in [0.25, 0.3) is 0 Å². The van der Waals surface area contributed by atoms with Crippen molar-refractivity contribution in [2.24, 2.45) is 0 Å². The Bertz CT molecular complexity index is 692. The standard InChI is InChI=1S/C15H15ClN2O3/c1-10-7-13(11-5-4-6-12(16)8-11)17-18(10)14(9-20-2)15(19)21-3/h4-9H,1-3H3/b14-9+. The molecule has 2 aromatic rings. The van der Waals surface area contributed by atoms with E-state index < -0.39 is 5.97 Å². The van der Waals surface area contributed by atoms with Crippen LogP contribution in [0.5, 0.6) is 0 Å². The van der Waals surface area contributed by atoms with Crippen molar-refractivity contribution in [3.8, 4) is 11.3 Å². The van der Waals surface area contributed by atoms with E-state index in [1.807, 2.05) is 31.2 Å². The number of rotatable bonds is 4. The summed E-state index contributed by atoms with van der Waals surface area (Å²) in [5, 5.41) is 5.04. The fourth-order valence-corrected chi connectivity index (χ4v) is 2.10. The number of hydrogen-bond acceptors (Lipinski definition) is 4. The van der Waals surface area contributed by atoms with Crippen molar-refractivity contribution in [2.45, 2.75) is 6.92 Å². The van der Waals surface area contributed by atoms with Gasteiger partial charge in [0.15, 0.2) is 5.70 Å². The highest BCUT2D eigenvalue weighted by atomic mass is 35.5. The second-order valence-electron chi connectivity index (χ2n) is 4.32. The highest BCUT2D eigenvalue weighted by Gasteiger charge is 2.17. The SMILES string of the molecule is CO/C=C(\C(=O)OC)n1nc(-c2cccc(Cl)c2)cc1C. The smallest absolute Gasteiger partial charge is 0.359 e. The minimum absolute atomic E-state index is 0.200. The van der Waals surface area contributed by atoms with E-state index in [2.05, 4.69) is 5.10 Å². The second kappa shape index (κ2) is 6.45. The first-order valence-electron chi connectivity index (χ1n) is 6.21. The predicted octanol–water partition coefficient (Wildman–Crippen LogP) is 3.13. The lowest BCUT2D eigenvalue weighted by Crippen LogP contribution is -2.13. The van der Waals surface area contributed by atoms with E-state index >= 15 is 0 Å². The average Bonchev–Trinajstić information content (AvgIpc) is 2.86. The summed E-state index contributed by atoms with van der Waals surface area (Å²) in [6, 6.07) is 9.21. The maximum absolute atomic E-state index is 11.8. The summed E-state index contributed by atoms with van der Waals surface area (Å²) in [4.78, 5) is 11.8. The number of aromatic nitrogens is 2. The molecule has 1 aromatic carbocycles. The van der Waals surface area contributed by atoms with Gasteiger partial charge >= 0.3 is 5.97 Å². The molecule has 0 saturated carbocycles. The van der Waals surface area contributed by atoms with Gasteiger partial charge in [-0.25, -0.2) is 9.48 Å². The molecule has 2 rings (SSSR count). The lowest BCUT2D eigenvalue weighted by Gasteiger charge is -2.07. The predicted molar refractivity (Wildman–Crippen MR) is 80.7 cm³/mol. The number of carbonyl (C=O) groups is 1. The molecule has 0 saturated heterocycles. The molecule has 0 amide bonds. The Morgan fingerprint density at radius 1 is 1.33 bits per heavy atom. The van der Waals surface area contributed by atoms with E-state index in [9.17, 15) is 4.79 Å². The van der Waals surface area contributed by atoms with Gasteiger partial charge < -0.3 is 9.47 Å². The highest BCUT2D eigenvalue weighted by Crippen LogP contribution is 2.24. The van der Waals surface area contributed by atoms with Crippen LogP contribution in [0, 0.1) is 6.92 Å². The van der Waals surface area contributed by atoms with E-state index in [4.69, 9.17) is 21.1 Å². The van der Waals surface area contributed by atoms with Crippen molar-refractivity contribution in [1.29, 1.82) is 0 Å². The third-order valence-corrected chi connectivity index (χ3v) is 3.10. The topological polar surface area (TPSA) is 53.4 Å². The van der Waals surface area contributed by atoms with Gasteiger partial charge in [-0.3, -0.25) is 0 Å². The number of nitrogens with zero attached hydrogens (tertiary/aromatic N) is 2. The maximum Gasteiger partial charge on any atom is 0.359 e. The molecule has 0 bridgehead atoms. The number of ether oxygens (including phenoxy) is 2. The quantitative estimate of drug-likeness (QED) is 0.495. The van der Waals surface area contributed by atoms with Crippen LogP contribution in [-0.4, -0.2) is 30.0 Å². The average molecular weight is 307 g/mol. The van der Waals surface area contributed by atoms with Gasteiger partial charge in [0.05, 0.1) is 19.9 Å². The lowest BCUT2D eigenvalue weighted by molar-refractivity contribution is -0.134. The third-order valence-electron chi connectivity index (χ3n) is 2.86. The van der Waals surface area contributed by atoms with E-state index in [0.29, 0.717) is 10.7 Å². The number of hydrogen-bond donors (Lipinski definition) is 0. The Morgan fingerprint density at radius 2 is 2.10 bits per heavy atom. The molecule has 5 nitrogen and oxygen atoms in total. The molecule has 0 fully saturated rings. The normalized spacial score (nSPS) is 11.3. The van der Waals surface area contributed by atoms with Crippen molar-refractivity contribution < 1.29 is 14.3 Å². The summed E-state index contributed by atoms with van der Waals surface area (Å²) in [6.45, 7) is 1.84. The second-order valence-corrected chi connectivity index (χ2v) is 4.76.